The van der Waals surface area contributed by atoms with Crippen LogP contribution in [0, 0.1) is 17.6 Å². The molecule has 2 heterocycles. The largest absolute Gasteiger partial charge is 0.772 e. The minimum absolute atomic E-state index is 0.0708. The van der Waals surface area contributed by atoms with Gasteiger partial charge in [-0.2, -0.15) is 0 Å². The molecule has 1 unspecified atom stereocenters. The number of hydrogen-bond acceptors (Lipinski definition) is 5. The van der Waals surface area contributed by atoms with Gasteiger partial charge >= 0.3 is 0 Å². The van der Waals surface area contributed by atoms with Crippen molar-refractivity contribution in [3.8, 4) is 0 Å². The normalized spacial score (nSPS) is 17.7. The summed E-state index contributed by atoms with van der Waals surface area (Å²) in [7, 11) is 0. The molecule has 1 saturated heterocycles. The molecule has 0 saturated carbocycles. The first-order valence-corrected chi connectivity index (χ1v) is 11.3. The molecule has 5 nitrogen and oxygen atoms in total. The molecule has 1 aliphatic rings. The van der Waals surface area contributed by atoms with Crippen LogP contribution in [0.25, 0.3) is 0 Å². The van der Waals surface area contributed by atoms with Crippen LogP contribution in [0.5, 0.6) is 0 Å². The quantitative estimate of drug-likeness (QED) is 0.494. The molecule has 0 N–H and O–H groups in total. The van der Waals surface area contributed by atoms with Gasteiger partial charge in [-0.1, -0.05) is 34.8 Å². The Morgan fingerprint density at radius 2 is 1.65 bits per heavy atom. The lowest BCUT2D eigenvalue weighted by Gasteiger charge is -2.48. The molecule has 3 atom stereocenters. The van der Waals surface area contributed by atoms with E-state index in [1.54, 1.807) is 12.4 Å². The van der Waals surface area contributed by atoms with Crippen molar-refractivity contribution in [2.24, 2.45) is 5.92 Å². The van der Waals surface area contributed by atoms with Crippen molar-refractivity contribution in [2.75, 3.05) is 18.8 Å². The van der Waals surface area contributed by atoms with Crippen molar-refractivity contribution in [3.63, 3.8) is 0 Å². The number of hydrogen-bond donors (Lipinski definition) is 0. The molecular weight excluding hydrogens is 444 g/mol. The molecule has 0 amide bonds. The average molecular weight is 463 g/mol. The predicted molar refractivity (Wildman–Crippen MR) is 113 cm³/mol. The minimum atomic E-state index is -2.34. The second-order valence-electron chi connectivity index (χ2n) is 7.62. The number of benzene rings is 2. The molecule has 0 aliphatic carbocycles. The van der Waals surface area contributed by atoms with Crippen LogP contribution in [-0.4, -0.2) is 42.5 Å². The highest BCUT2D eigenvalue weighted by Crippen LogP contribution is 2.40. The maximum atomic E-state index is 13.8. The van der Waals surface area contributed by atoms with Crippen LogP contribution in [0.3, 0.4) is 0 Å². The van der Waals surface area contributed by atoms with Gasteiger partial charge in [-0.25, -0.2) is 18.7 Å². The van der Waals surface area contributed by atoms with Crippen LogP contribution in [0.1, 0.15) is 28.7 Å². The highest BCUT2D eigenvalue weighted by molar-refractivity contribution is 7.79. The maximum absolute atomic E-state index is 13.8. The summed E-state index contributed by atoms with van der Waals surface area (Å²) in [6.07, 6.45) is 4.94. The first-order chi connectivity index (χ1) is 14.9. The first-order valence-electron chi connectivity index (χ1n) is 9.67. The summed E-state index contributed by atoms with van der Waals surface area (Å²) in [5.74, 6) is -2.19. The highest BCUT2D eigenvalue weighted by Gasteiger charge is 2.39. The molecule has 9 heteroatoms. The average Bonchev–Trinajstić information content (AvgIpc) is 2.70. The maximum Gasteiger partial charge on any atom is 0.126 e. The molecular formula is C22H19ClF2N3O2S-. The smallest absolute Gasteiger partial charge is 0.126 e. The van der Waals surface area contributed by atoms with E-state index in [9.17, 15) is 17.5 Å². The summed E-state index contributed by atoms with van der Waals surface area (Å²) in [6, 6.07) is 10.5. The van der Waals surface area contributed by atoms with Gasteiger partial charge in [0, 0.05) is 47.9 Å². The van der Waals surface area contributed by atoms with E-state index >= 15 is 0 Å². The lowest BCUT2D eigenvalue weighted by atomic mass is 9.80. The van der Waals surface area contributed by atoms with E-state index in [2.05, 4.69) is 14.9 Å². The topological polar surface area (TPSA) is 69.2 Å². The van der Waals surface area contributed by atoms with Gasteiger partial charge < -0.3 is 4.55 Å². The summed E-state index contributed by atoms with van der Waals surface area (Å²) in [6.45, 7) is 1.12. The van der Waals surface area contributed by atoms with E-state index in [0.29, 0.717) is 23.7 Å². The van der Waals surface area contributed by atoms with Crippen LogP contribution >= 0.6 is 11.6 Å². The predicted octanol–water partition coefficient (Wildman–Crippen LogP) is 4.09. The first kappa shape index (κ1) is 22.0. The zero-order valence-electron chi connectivity index (χ0n) is 16.3. The van der Waals surface area contributed by atoms with E-state index in [1.807, 2.05) is 24.3 Å². The Bertz CT molecular complexity index is 1050. The van der Waals surface area contributed by atoms with Gasteiger partial charge in [0.25, 0.3) is 0 Å². The van der Waals surface area contributed by atoms with Crippen molar-refractivity contribution in [2.45, 2.75) is 12.0 Å². The minimum Gasteiger partial charge on any atom is -0.772 e. The third-order valence-electron chi connectivity index (χ3n) is 5.58. The zero-order chi connectivity index (χ0) is 22.0. The van der Waals surface area contributed by atoms with Crippen LogP contribution < -0.4 is 0 Å². The van der Waals surface area contributed by atoms with Gasteiger partial charge in [-0.15, -0.1) is 0 Å². The molecule has 1 aromatic heterocycles. The molecule has 4 rings (SSSR count). The molecule has 31 heavy (non-hydrogen) atoms. The van der Waals surface area contributed by atoms with E-state index in [1.165, 1.54) is 18.5 Å². The van der Waals surface area contributed by atoms with Gasteiger partial charge in [0.15, 0.2) is 0 Å². The summed E-state index contributed by atoms with van der Waals surface area (Å²) >= 11 is 3.70. The van der Waals surface area contributed by atoms with E-state index in [-0.39, 0.29) is 17.7 Å². The number of rotatable bonds is 7. The van der Waals surface area contributed by atoms with Gasteiger partial charge in [0.1, 0.15) is 18.0 Å². The molecule has 0 spiro atoms. The Morgan fingerprint density at radius 1 is 1.03 bits per heavy atom. The van der Waals surface area contributed by atoms with Gasteiger partial charge in [0.2, 0.25) is 0 Å². The lowest BCUT2D eigenvalue weighted by Crippen LogP contribution is -2.51. The SMILES string of the molecule is O=S([O-])C[C@@H](c1cc(F)cc(F)c1)C1CN([C@H](c2ccc(Cl)cc2)c2cncnc2)C1. The Labute approximate surface area is 186 Å². The Morgan fingerprint density at radius 3 is 2.23 bits per heavy atom. The number of halogens is 3. The molecule has 1 aliphatic heterocycles. The molecule has 2 aromatic carbocycles. The third kappa shape index (κ3) is 5.15. The van der Waals surface area contributed by atoms with Crippen molar-refractivity contribution in [3.05, 3.63) is 94.5 Å². The molecule has 162 valence electrons. The molecule has 0 radical (unpaired) electrons. The number of likely N-dealkylation sites (tertiary alicyclic amines) is 1. The fourth-order valence-corrected chi connectivity index (χ4v) is 5.05. The standard InChI is InChI=1S/C22H20ClF2N3O2S/c23-18-3-1-14(2-4-18)22(16-8-26-13-27-9-16)28-10-17(11-28)21(12-31(29)30)15-5-19(24)7-20(25)6-15/h1-9,13,17,21-22H,10-12H2,(H,29,30)/p-1/t21-,22+/m0/s1. The van der Waals surface area contributed by atoms with Crippen molar-refractivity contribution >= 4 is 22.7 Å². The number of nitrogens with zero attached hydrogens (tertiary/aromatic N) is 3. The second kappa shape index (κ2) is 9.48. The summed E-state index contributed by atoms with van der Waals surface area (Å²) in [4.78, 5) is 10.4. The second-order valence-corrected chi connectivity index (χ2v) is 9.00. The van der Waals surface area contributed by atoms with Crippen LogP contribution in [0.15, 0.2) is 61.2 Å². The van der Waals surface area contributed by atoms with E-state index in [4.69, 9.17) is 11.6 Å². The molecule has 3 aromatic rings. The van der Waals surface area contributed by atoms with Crippen molar-refractivity contribution < 1.29 is 17.5 Å². The number of aromatic nitrogens is 2. The Kier molecular flexibility index (Phi) is 6.71. The molecule has 1 fully saturated rings. The Hall–Kier alpha value is -2.26. The fourth-order valence-electron chi connectivity index (χ4n) is 4.17. The Balaban J connectivity index is 1.59. The van der Waals surface area contributed by atoms with Crippen LogP contribution in [-0.2, 0) is 11.1 Å². The summed E-state index contributed by atoms with van der Waals surface area (Å²) in [5, 5.41) is 0.624. The zero-order valence-corrected chi connectivity index (χ0v) is 17.9. The van der Waals surface area contributed by atoms with Crippen molar-refractivity contribution in [1.82, 2.24) is 14.9 Å². The fraction of sp³-hybridized carbons (Fsp3) is 0.273. The summed E-state index contributed by atoms with van der Waals surface area (Å²) in [5.41, 5.74) is 2.25. The highest BCUT2D eigenvalue weighted by atomic mass is 35.5. The van der Waals surface area contributed by atoms with E-state index in [0.717, 1.165) is 17.2 Å². The van der Waals surface area contributed by atoms with Gasteiger partial charge in [-0.05, 0) is 47.2 Å². The monoisotopic (exact) mass is 462 g/mol. The van der Waals surface area contributed by atoms with E-state index < -0.39 is 28.6 Å². The van der Waals surface area contributed by atoms with Crippen LogP contribution in [0.4, 0.5) is 8.78 Å². The van der Waals surface area contributed by atoms with Crippen molar-refractivity contribution in [1.29, 1.82) is 0 Å². The summed E-state index contributed by atoms with van der Waals surface area (Å²) < 4.78 is 50.4. The van der Waals surface area contributed by atoms with Gasteiger partial charge in [0.05, 0.1) is 6.04 Å². The molecule has 0 bridgehead atoms. The van der Waals surface area contributed by atoms with Crippen LogP contribution in [0.2, 0.25) is 5.02 Å². The lowest BCUT2D eigenvalue weighted by molar-refractivity contribution is 0.0551. The third-order valence-corrected chi connectivity index (χ3v) is 6.47. The van der Waals surface area contributed by atoms with Gasteiger partial charge in [-0.3, -0.25) is 9.11 Å².